The molecule has 1 atom stereocenters. The van der Waals surface area contributed by atoms with E-state index < -0.39 is 10.0 Å². The van der Waals surface area contributed by atoms with Crippen LogP contribution >= 0.6 is 0 Å². The fourth-order valence-electron chi connectivity index (χ4n) is 3.17. The summed E-state index contributed by atoms with van der Waals surface area (Å²) in [6.45, 7) is 4.23. The molecule has 0 radical (unpaired) electrons. The van der Waals surface area contributed by atoms with Gasteiger partial charge in [0.15, 0.2) is 0 Å². The quantitative estimate of drug-likeness (QED) is 0.500. The summed E-state index contributed by atoms with van der Waals surface area (Å²) in [5.74, 6) is 1.02. The molecule has 0 saturated carbocycles. The zero-order valence-corrected chi connectivity index (χ0v) is 19.0. The fraction of sp³-hybridized carbons (Fsp3) is 0.208. The Balaban J connectivity index is 1.67. The van der Waals surface area contributed by atoms with Crippen molar-refractivity contribution in [3.8, 4) is 11.5 Å². The van der Waals surface area contributed by atoms with E-state index in [1.54, 1.807) is 43.5 Å². The van der Waals surface area contributed by atoms with Crippen molar-refractivity contribution in [2.24, 2.45) is 0 Å². The first kappa shape index (κ1) is 23.1. The first-order valence-electron chi connectivity index (χ1n) is 10.1. The van der Waals surface area contributed by atoms with Gasteiger partial charge in [-0.1, -0.05) is 18.2 Å². The molecule has 3 rings (SSSR count). The minimum atomic E-state index is -3.76. The van der Waals surface area contributed by atoms with Crippen LogP contribution in [-0.4, -0.2) is 28.0 Å². The zero-order chi connectivity index (χ0) is 23.1. The average Bonchev–Trinajstić information content (AvgIpc) is 2.79. The highest BCUT2D eigenvalue weighted by Crippen LogP contribution is 2.25. The molecule has 7 nitrogen and oxygen atoms in total. The largest absolute Gasteiger partial charge is 0.496 e. The van der Waals surface area contributed by atoms with E-state index in [1.165, 1.54) is 12.1 Å². The third kappa shape index (κ3) is 5.59. The van der Waals surface area contributed by atoms with E-state index in [1.807, 2.05) is 38.1 Å². The lowest BCUT2D eigenvalue weighted by atomic mass is 10.1. The molecule has 0 aromatic heterocycles. The van der Waals surface area contributed by atoms with Crippen molar-refractivity contribution in [3.05, 3.63) is 83.9 Å². The number of nitrogens with one attached hydrogen (secondary N) is 2. The Kier molecular flexibility index (Phi) is 7.37. The Labute approximate surface area is 188 Å². The minimum absolute atomic E-state index is 0.119. The number of hydrogen-bond donors (Lipinski definition) is 2. The molecule has 32 heavy (non-hydrogen) atoms. The number of anilines is 1. The van der Waals surface area contributed by atoms with Crippen molar-refractivity contribution >= 4 is 21.6 Å². The van der Waals surface area contributed by atoms with E-state index in [9.17, 15) is 13.2 Å². The van der Waals surface area contributed by atoms with Gasteiger partial charge in [-0.15, -0.1) is 0 Å². The van der Waals surface area contributed by atoms with Gasteiger partial charge in [-0.05, 0) is 68.4 Å². The molecule has 168 valence electrons. The van der Waals surface area contributed by atoms with Crippen molar-refractivity contribution in [1.82, 2.24) is 5.32 Å². The number of benzene rings is 3. The number of sulfonamides is 1. The van der Waals surface area contributed by atoms with E-state index in [0.717, 1.165) is 5.56 Å². The second-order valence-corrected chi connectivity index (χ2v) is 8.71. The normalized spacial score (nSPS) is 12.0. The van der Waals surface area contributed by atoms with Crippen molar-refractivity contribution in [1.29, 1.82) is 0 Å². The highest BCUT2D eigenvalue weighted by molar-refractivity contribution is 7.92. The van der Waals surface area contributed by atoms with Gasteiger partial charge >= 0.3 is 0 Å². The van der Waals surface area contributed by atoms with Crippen LogP contribution in [0.3, 0.4) is 0 Å². The van der Waals surface area contributed by atoms with Gasteiger partial charge in [-0.25, -0.2) is 8.42 Å². The van der Waals surface area contributed by atoms with Crippen LogP contribution in [0.4, 0.5) is 5.69 Å². The number of para-hydroxylation sites is 1. The fourth-order valence-corrected chi connectivity index (χ4v) is 4.23. The summed E-state index contributed by atoms with van der Waals surface area (Å²) >= 11 is 0. The highest BCUT2D eigenvalue weighted by atomic mass is 32.2. The van der Waals surface area contributed by atoms with Crippen LogP contribution in [-0.2, 0) is 10.0 Å². The number of ether oxygens (including phenoxy) is 2. The third-order valence-corrected chi connectivity index (χ3v) is 6.19. The topological polar surface area (TPSA) is 93.7 Å². The molecule has 0 aliphatic heterocycles. The van der Waals surface area contributed by atoms with Crippen LogP contribution in [0.15, 0.2) is 77.7 Å². The maximum Gasteiger partial charge on any atom is 0.261 e. The minimum Gasteiger partial charge on any atom is -0.496 e. The Morgan fingerprint density at radius 2 is 1.62 bits per heavy atom. The lowest BCUT2D eigenvalue weighted by Crippen LogP contribution is -2.26. The lowest BCUT2D eigenvalue weighted by Gasteiger charge is -2.17. The molecule has 0 saturated heterocycles. The molecule has 3 aromatic rings. The van der Waals surface area contributed by atoms with E-state index in [2.05, 4.69) is 10.0 Å². The summed E-state index contributed by atoms with van der Waals surface area (Å²) in [7, 11) is -2.18. The molecule has 0 fully saturated rings. The zero-order valence-electron chi connectivity index (χ0n) is 18.2. The molecule has 0 aliphatic carbocycles. The Bertz CT molecular complexity index is 1160. The Morgan fingerprint density at radius 3 is 2.25 bits per heavy atom. The standard InChI is InChI=1S/C24H26N2O5S/c1-4-31-20-13-15-21(16-14-20)32(28,29)26-19-11-9-18(10-12-19)24(27)25-17(2)22-7-5-6-8-23(22)30-3/h5-17,26H,4H2,1-3H3,(H,25,27). The smallest absolute Gasteiger partial charge is 0.261 e. The van der Waals surface area contributed by atoms with Gasteiger partial charge in [0.2, 0.25) is 0 Å². The van der Waals surface area contributed by atoms with Crippen LogP contribution in [0, 0.1) is 0 Å². The first-order chi connectivity index (χ1) is 15.3. The monoisotopic (exact) mass is 454 g/mol. The number of hydrogen-bond acceptors (Lipinski definition) is 5. The number of amides is 1. The van der Waals surface area contributed by atoms with Gasteiger partial charge in [0.25, 0.3) is 15.9 Å². The van der Waals surface area contributed by atoms with Crippen LogP contribution in [0.25, 0.3) is 0 Å². The predicted molar refractivity (Wildman–Crippen MR) is 124 cm³/mol. The van der Waals surface area contributed by atoms with Gasteiger partial charge in [-0.3, -0.25) is 9.52 Å². The SMILES string of the molecule is CCOc1ccc(S(=O)(=O)Nc2ccc(C(=O)NC(C)c3ccccc3OC)cc2)cc1. The molecule has 2 N–H and O–H groups in total. The van der Waals surface area contributed by atoms with Gasteiger partial charge in [0, 0.05) is 16.8 Å². The molecule has 1 amide bonds. The van der Waals surface area contributed by atoms with Crippen molar-refractivity contribution < 1.29 is 22.7 Å². The molecule has 3 aromatic carbocycles. The number of rotatable bonds is 9. The van der Waals surface area contributed by atoms with E-state index in [4.69, 9.17) is 9.47 Å². The van der Waals surface area contributed by atoms with Crippen molar-refractivity contribution in [2.45, 2.75) is 24.8 Å². The molecule has 1 unspecified atom stereocenters. The second-order valence-electron chi connectivity index (χ2n) is 7.02. The van der Waals surface area contributed by atoms with Crippen molar-refractivity contribution in [3.63, 3.8) is 0 Å². The maximum atomic E-state index is 12.6. The number of carbonyl (C=O) groups excluding carboxylic acids is 1. The molecule has 0 bridgehead atoms. The average molecular weight is 455 g/mol. The highest BCUT2D eigenvalue weighted by Gasteiger charge is 2.17. The molecule has 0 spiro atoms. The van der Waals surface area contributed by atoms with E-state index in [0.29, 0.717) is 29.4 Å². The maximum absolute atomic E-state index is 12.6. The predicted octanol–water partition coefficient (Wildman–Crippen LogP) is 4.39. The van der Waals surface area contributed by atoms with Crippen LogP contribution in [0.5, 0.6) is 11.5 Å². The van der Waals surface area contributed by atoms with Crippen molar-refractivity contribution in [2.75, 3.05) is 18.4 Å². The summed E-state index contributed by atoms with van der Waals surface area (Å²) in [6, 6.07) is 19.6. The van der Waals surface area contributed by atoms with Gasteiger partial charge in [0.05, 0.1) is 24.7 Å². The molecule has 0 heterocycles. The molecular formula is C24H26N2O5S. The molecular weight excluding hydrogens is 428 g/mol. The Morgan fingerprint density at radius 1 is 0.969 bits per heavy atom. The first-order valence-corrected chi connectivity index (χ1v) is 11.6. The van der Waals surface area contributed by atoms with E-state index >= 15 is 0 Å². The van der Waals surface area contributed by atoms with Gasteiger partial charge in [0.1, 0.15) is 11.5 Å². The van der Waals surface area contributed by atoms with Crippen LogP contribution in [0.1, 0.15) is 35.8 Å². The van der Waals surface area contributed by atoms with Gasteiger partial charge in [-0.2, -0.15) is 0 Å². The summed E-state index contributed by atoms with van der Waals surface area (Å²) < 4.78 is 38.4. The number of carbonyl (C=O) groups is 1. The Hall–Kier alpha value is -3.52. The third-order valence-electron chi connectivity index (χ3n) is 4.80. The van der Waals surface area contributed by atoms with E-state index in [-0.39, 0.29) is 16.8 Å². The molecule has 0 aliphatic rings. The second kappa shape index (κ2) is 10.2. The lowest BCUT2D eigenvalue weighted by molar-refractivity contribution is 0.0939. The van der Waals surface area contributed by atoms with Crippen LogP contribution < -0.4 is 19.5 Å². The summed E-state index contributed by atoms with van der Waals surface area (Å²) in [5.41, 5.74) is 1.63. The van der Waals surface area contributed by atoms with Crippen LogP contribution in [0.2, 0.25) is 0 Å². The molecule has 8 heteroatoms. The summed E-state index contributed by atoms with van der Waals surface area (Å²) in [6.07, 6.45) is 0. The summed E-state index contributed by atoms with van der Waals surface area (Å²) in [5, 5.41) is 2.93. The number of methoxy groups -OCH3 is 1. The summed E-state index contributed by atoms with van der Waals surface area (Å²) in [4.78, 5) is 12.7. The van der Waals surface area contributed by atoms with Gasteiger partial charge < -0.3 is 14.8 Å².